The van der Waals surface area contributed by atoms with Gasteiger partial charge in [-0.2, -0.15) is 13.2 Å². The third-order valence-corrected chi connectivity index (χ3v) is 3.61. The van der Waals surface area contributed by atoms with Crippen LogP contribution in [-0.4, -0.2) is 12.2 Å². The molecule has 3 rings (SSSR count). The maximum atomic E-state index is 14.2. The van der Waals surface area contributed by atoms with Crippen LogP contribution in [-0.2, 0) is 5.54 Å². The molecule has 0 saturated carbocycles. The molecule has 3 nitrogen and oxygen atoms in total. The molecule has 0 spiro atoms. The van der Waals surface area contributed by atoms with Gasteiger partial charge >= 0.3 is 12.2 Å². The van der Waals surface area contributed by atoms with E-state index in [4.69, 9.17) is 0 Å². The normalized spacial score (nSPS) is 19.2. The summed E-state index contributed by atoms with van der Waals surface area (Å²) in [7, 11) is 0. The molecule has 128 valence electrons. The van der Waals surface area contributed by atoms with E-state index in [1.165, 1.54) is 12.1 Å². The highest BCUT2D eigenvalue weighted by molar-refractivity contribution is 5.94. The molecule has 0 aromatic heterocycles. The zero-order valence-corrected chi connectivity index (χ0v) is 12.3. The Morgan fingerprint density at radius 1 is 1.00 bits per heavy atom. The number of alkyl halides is 3. The van der Waals surface area contributed by atoms with E-state index in [1.807, 2.05) is 11.2 Å². The lowest BCUT2D eigenvalue weighted by atomic mass is 9.85. The molecule has 2 amide bonds. The first-order valence-electron chi connectivity index (χ1n) is 6.97. The quantitative estimate of drug-likeness (QED) is 0.548. The third-order valence-electron chi connectivity index (χ3n) is 3.61. The number of fused-ring (bicyclic) bond motifs is 1. The first-order chi connectivity index (χ1) is 11.7. The molecule has 0 bridgehead atoms. The smallest absolute Gasteiger partial charge is 0.310 e. The number of halogens is 5. The number of anilines is 1. The van der Waals surface area contributed by atoms with Crippen molar-refractivity contribution in [1.29, 1.82) is 0 Å². The van der Waals surface area contributed by atoms with Gasteiger partial charge in [0.1, 0.15) is 0 Å². The summed E-state index contributed by atoms with van der Waals surface area (Å²) in [4.78, 5) is 11.7. The summed E-state index contributed by atoms with van der Waals surface area (Å²) >= 11 is 0. The van der Waals surface area contributed by atoms with Gasteiger partial charge in [0, 0.05) is 5.56 Å². The van der Waals surface area contributed by atoms with Crippen LogP contribution < -0.4 is 10.6 Å². The van der Waals surface area contributed by atoms with Crippen molar-refractivity contribution in [2.75, 3.05) is 5.32 Å². The van der Waals surface area contributed by atoms with Crippen molar-refractivity contribution < 1.29 is 26.7 Å². The van der Waals surface area contributed by atoms with Crippen LogP contribution in [0.4, 0.5) is 32.4 Å². The topological polar surface area (TPSA) is 41.1 Å². The molecule has 25 heavy (non-hydrogen) atoms. The van der Waals surface area contributed by atoms with Gasteiger partial charge in [0.15, 0.2) is 11.6 Å². The summed E-state index contributed by atoms with van der Waals surface area (Å²) in [5, 5.41) is 3.64. The Hall–Kier alpha value is -3.08. The maximum Gasteiger partial charge on any atom is 0.427 e. The van der Waals surface area contributed by atoms with Crippen molar-refractivity contribution in [1.82, 2.24) is 5.32 Å². The van der Waals surface area contributed by atoms with Gasteiger partial charge < -0.3 is 10.6 Å². The van der Waals surface area contributed by atoms with E-state index in [-0.39, 0.29) is 5.56 Å². The van der Waals surface area contributed by atoms with Crippen molar-refractivity contribution in [3.8, 4) is 11.8 Å². The molecule has 0 aliphatic carbocycles. The highest BCUT2D eigenvalue weighted by Gasteiger charge is 2.61. The van der Waals surface area contributed by atoms with E-state index < -0.39 is 40.6 Å². The van der Waals surface area contributed by atoms with Crippen molar-refractivity contribution >= 4 is 11.7 Å². The lowest BCUT2D eigenvalue weighted by molar-refractivity contribution is -0.179. The Balaban J connectivity index is 2.30. The van der Waals surface area contributed by atoms with Gasteiger partial charge in [-0.15, -0.1) is 0 Å². The molecule has 1 unspecified atom stereocenters. The van der Waals surface area contributed by atoms with Gasteiger partial charge in [-0.25, -0.2) is 13.6 Å². The maximum absolute atomic E-state index is 14.2. The van der Waals surface area contributed by atoms with E-state index in [9.17, 15) is 26.7 Å². The van der Waals surface area contributed by atoms with Crippen LogP contribution in [0.3, 0.4) is 0 Å². The summed E-state index contributed by atoms with van der Waals surface area (Å²) in [6.45, 7) is 0. The summed E-state index contributed by atoms with van der Waals surface area (Å²) in [5.74, 6) is 0.949. The molecule has 1 aliphatic rings. The number of rotatable bonds is 0. The molecule has 0 radical (unpaired) electrons. The number of carbonyl (C=O) groups excluding carboxylic acids is 1. The van der Waals surface area contributed by atoms with Gasteiger partial charge in [0.05, 0.1) is 11.3 Å². The summed E-state index contributed by atoms with van der Waals surface area (Å²) in [5.41, 5.74) is -4.77. The summed E-state index contributed by atoms with van der Waals surface area (Å²) < 4.78 is 69.3. The van der Waals surface area contributed by atoms with Crippen molar-refractivity contribution in [2.45, 2.75) is 11.7 Å². The third kappa shape index (κ3) is 2.78. The average Bonchev–Trinajstić information content (AvgIpc) is 2.56. The molecular formula is C17H9F5N2O. The van der Waals surface area contributed by atoms with E-state index in [1.54, 1.807) is 23.5 Å². The molecule has 1 aliphatic heterocycles. The second-order valence-electron chi connectivity index (χ2n) is 5.23. The number of urea groups is 1. The van der Waals surface area contributed by atoms with E-state index in [2.05, 4.69) is 5.92 Å². The monoisotopic (exact) mass is 352 g/mol. The first-order valence-corrected chi connectivity index (χ1v) is 6.97. The molecular weight excluding hydrogens is 343 g/mol. The van der Waals surface area contributed by atoms with E-state index in [0.717, 1.165) is 6.07 Å². The molecule has 2 aromatic carbocycles. The number of carbonyl (C=O) groups is 1. The van der Waals surface area contributed by atoms with E-state index >= 15 is 0 Å². The Morgan fingerprint density at radius 2 is 1.68 bits per heavy atom. The van der Waals surface area contributed by atoms with Crippen LogP contribution in [0.1, 0.15) is 11.1 Å². The summed E-state index contributed by atoms with van der Waals surface area (Å²) in [6, 6.07) is 7.91. The number of nitrogens with one attached hydrogen (secondary N) is 2. The fraction of sp³-hybridized carbons (Fsp3) is 0.118. The van der Waals surface area contributed by atoms with Gasteiger partial charge in [0.2, 0.25) is 5.54 Å². The largest absolute Gasteiger partial charge is 0.427 e. The molecule has 1 atom stereocenters. The van der Waals surface area contributed by atoms with Crippen molar-refractivity contribution in [3.05, 3.63) is 65.2 Å². The minimum atomic E-state index is -5.20. The van der Waals surface area contributed by atoms with Crippen LogP contribution in [0.15, 0.2) is 42.5 Å². The van der Waals surface area contributed by atoms with Crippen LogP contribution in [0.5, 0.6) is 0 Å². The Bertz CT molecular complexity index is 899. The average molecular weight is 352 g/mol. The SMILES string of the molecule is O=C1Nc2ccc(F)c(F)c2C(C#Cc2ccccc2)(C(F)(F)F)N1. The summed E-state index contributed by atoms with van der Waals surface area (Å²) in [6.07, 6.45) is -5.20. The standard InChI is InChI=1S/C17H9F5N2O/c18-11-6-7-12-13(14(11)19)16(17(20,21)22,24-15(25)23-12)9-8-10-4-2-1-3-5-10/h1-7H,(H2,23,24,25). The number of benzene rings is 2. The number of amides is 2. The van der Waals surface area contributed by atoms with Crippen LogP contribution in [0, 0.1) is 23.5 Å². The number of hydrogen-bond donors (Lipinski definition) is 2. The highest BCUT2D eigenvalue weighted by Crippen LogP contribution is 2.45. The highest BCUT2D eigenvalue weighted by atomic mass is 19.4. The lowest BCUT2D eigenvalue weighted by Gasteiger charge is -2.37. The number of hydrogen-bond acceptors (Lipinski definition) is 1. The van der Waals surface area contributed by atoms with Gasteiger partial charge in [-0.05, 0) is 24.3 Å². The molecule has 2 aromatic rings. The lowest BCUT2D eigenvalue weighted by Crippen LogP contribution is -2.59. The predicted octanol–water partition coefficient (Wildman–Crippen LogP) is 3.91. The Kier molecular flexibility index (Phi) is 3.87. The predicted molar refractivity (Wildman–Crippen MR) is 79.6 cm³/mol. The molecule has 2 N–H and O–H groups in total. The first kappa shape index (κ1) is 16.8. The minimum absolute atomic E-state index is 0.220. The fourth-order valence-corrected chi connectivity index (χ4v) is 2.47. The fourth-order valence-electron chi connectivity index (χ4n) is 2.47. The van der Waals surface area contributed by atoms with Crippen LogP contribution >= 0.6 is 0 Å². The van der Waals surface area contributed by atoms with Crippen molar-refractivity contribution in [2.24, 2.45) is 0 Å². The van der Waals surface area contributed by atoms with Gasteiger partial charge in [-0.1, -0.05) is 30.0 Å². The Morgan fingerprint density at radius 3 is 2.32 bits per heavy atom. The van der Waals surface area contributed by atoms with Crippen LogP contribution in [0.2, 0.25) is 0 Å². The zero-order chi connectivity index (χ0) is 18.2. The Labute approximate surface area is 138 Å². The van der Waals surface area contributed by atoms with Gasteiger partial charge in [0.25, 0.3) is 0 Å². The molecule has 0 saturated heterocycles. The van der Waals surface area contributed by atoms with Gasteiger partial charge in [-0.3, -0.25) is 0 Å². The zero-order valence-electron chi connectivity index (χ0n) is 12.3. The molecule has 8 heteroatoms. The van der Waals surface area contributed by atoms with E-state index in [0.29, 0.717) is 6.07 Å². The second kappa shape index (κ2) is 5.77. The van der Waals surface area contributed by atoms with Crippen molar-refractivity contribution in [3.63, 3.8) is 0 Å². The van der Waals surface area contributed by atoms with Crippen LogP contribution in [0.25, 0.3) is 0 Å². The molecule has 0 fully saturated rings. The second-order valence-corrected chi connectivity index (χ2v) is 5.23. The molecule has 1 heterocycles. The minimum Gasteiger partial charge on any atom is -0.310 e.